The first-order valence-electron chi connectivity index (χ1n) is 7.52. The monoisotopic (exact) mass is 391 g/mol. The Kier molecular flexibility index (Phi) is 5.41. The maximum atomic E-state index is 13.1. The van der Waals surface area contributed by atoms with Gasteiger partial charge in [0.05, 0.1) is 11.1 Å². The van der Waals surface area contributed by atoms with Crippen LogP contribution in [0.1, 0.15) is 0 Å². The van der Waals surface area contributed by atoms with Crippen molar-refractivity contribution in [3.05, 3.63) is 45.9 Å². The Morgan fingerprint density at radius 1 is 1.44 bits per heavy atom. The molecule has 3 aromatic heterocycles. The quantitative estimate of drug-likeness (QED) is 0.366. The molecule has 3 heterocycles. The van der Waals surface area contributed by atoms with Crippen LogP contribution in [0.4, 0.5) is 0 Å². The minimum atomic E-state index is -0.0886. The lowest BCUT2D eigenvalue weighted by atomic mass is 10.2. The van der Waals surface area contributed by atoms with Crippen molar-refractivity contribution in [1.29, 1.82) is 0 Å². The summed E-state index contributed by atoms with van der Waals surface area (Å²) in [7, 11) is 3.42. The number of amides is 1. The van der Waals surface area contributed by atoms with Crippen LogP contribution in [0.5, 0.6) is 0 Å². The van der Waals surface area contributed by atoms with Crippen molar-refractivity contribution in [2.75, 3.05) is 19.8 Å². The van der Waals surface area contributed by atoms with Gasteiger partial charge < -0.3 is 4.90 Å². The number of rotatable bonds is 6. The number of hydrogen-bond acceptors (Lipinski definition) is 6. The predicted octanol–water partition coefficient (Wildman–Crippen LogP) is 3.55. The number of nitrogens with zero attached hydrogens (tertiary/aromatic N) is 3. The van der Waals surface area contributed by atoms with Crippen molar-refractivity contribution in [2.45, 2.75) is 11.7 Å². The summed E-state index contributed by atoms with van der Waals surface area (Å²) < 4.78 is 1.59. The lowest BCUT2D eigenvalue weighted by Gasteiger charge is -2.12. The van der Waals surface area contributed by atoms with Gasteiger partial charge in [-0.25, -0.2) is 4.98 Å². The summed E-state index contributed by atoms with van der Waals surface area (Å²) in [6.45, 7) is 4.10. The Morgan fingerprint density at radius 3 is 2.88 bits per heavy atom. The van der Waals surface area contributed by atoms with E-state index in [0.29, 0.717) is 21.9 Å². The normalized spacial score (nSPS) is 11.0. The number of fused-ring (bicyclic) bond motifs is 1. The molecule has 0 fully saturated rings. The van der Waals surface area contributed by atoms with Crippen molar-refractivity contribution in [1.82, 2.24) is 14.5 Å². The van der Waals surface area contributed by atoms with Gasteiger partial charge in [-0.05, 0) is 11.4 Å². The second-order valence-corrected chi connectivity index (χ2v) is 8.23. The lowest BCUT2D eigenvalue weighted by Crippen LogP contribution is -2.26. The molecule has 0 bridgehead atoms. The van der Waals surface area contributed by atoms with Crippen molar-refractivity contribution in [3.8, 4) is 10.4 Å². The fourth-order valence-corrected chi connectivity index (χ4v) is 5.06. The fraction of sp³-hybridized carbons (Fsp3) is 0.235. The first-order chi connectivity index (χ1) is 12.0. The smallest absolute Gasteiger partial charge is 0.263 e. The lowest BCUT2D eigenvalue weighted by molar-refractivity contribution is -0.125. The number of carbonyl (C=O) groups excluding carboxylic acids is 1. The van der Waals surface area contributed by atoms with Crippen LogP contribution in [0.25, 0.3) is 20.7 Å². The third-order valence-corrected chi connectivity index (χ3v) is 6.32. The molecule has 8 heteroatoms. The molecule has 5 nitrogen and oxygen atoms in total. The number of thiophene rings is 2. The van der Waals surface area contributed by atoms with Crippen LogP contribution < -0.4 is 5.56 Å². The van der Waals surface area contributed by atoms with E-state index in [1.807, 2.05) is 22.9 Å². The molecule has 0 atom stereocenters. The van der Waals surface area contributed by atoms with Gasteiger partial charge in [-0.2, -0.15) is 0 Å². The van der Waals surface area contributed by atoms with Gasteiger partial charge in [0.15, 0.2) is 5.16 Å². The molecule has 3 aromatic rings. The van der Waals surface area contributed by atoms with Gasteiger partial charge in [-0.15, -0.1) is 29.3 Å². The predicted molar refractivity (Wildman–Crippen MR) is 107 cm³/mol. The Bertz CT molecular complexity index is 971. The Labute approximate surface area is 157 Å². The van der Waals surface area contributed by atoms with Crippen LogP contribution in [0.2, 0.25) is 0 Å². The molecule has 0 spiro atoms. The van der Waals surface area contributed by atoms with Crippen LogP contribution in [0.15, 0.2) is 45.5 Å². The van der Waals surface area contributed by atoms with Gasteiger partial charge in [0.25, 0.3) is 5.56 Å². The van der Waals surface area contributed by atoms with Gasteiger partial charge in [-0.1, -0.05) is 23.9 Å². The molecule has 0 saturated carbocycles. The minimum Gasteiger partial charge on any atom is -0.348 e. The van der Waals surface area contributed by atoms with Crippen LogP contribution >= 0.6 is 34.4 Å². The molecule has 3 rings (SSSR count). The molecule has 0 aliphatic rings. The van der Waals surface area contributed by atoms with E-state index in [2.05, 4.69) is 11.6 Å². The van der Waals surface area contributed by atoms with E-state index in [1.54, 1.807) is 36.1 Å². The van der Waals surface area contributed by atoms with Gasteiger partial charge >= 0.3 is 0 Å². The molecule has 25 heavy (non-hydrogen) atoms. The summed E-state index contributed by atoms with van der Waals surface area (Å²) in [5.41, 5.74) is 0.834. The summed E-state index contributed by atoms with van der Waals surface area (Å²) in [5.74, 6) is 0.223. The second kappa shape index (κ2) is 7.55. The van der Waals surface area contributed by atoms with Crippen LogP contribution in [0.3, 0.4) is 0 Å². The highest BCUT2D eigenvalue weighted by molar-refractivity contribution is 7.99. The van der Waals surface area contributed by atoms with Gasteiger partial charge in [0, 0.05) is 36.5 Å². The van der Waals surface area contributed by atoms with E-state index in [1.165, 1.54) is 28.0 Å². The molecule has 0 unspecified atom stereocenters. The van der Waals surface area contributed by atoms with Crippen molar-refractivity contribution < 1.29 is 4.79 Å². The van der Waals surface area contributed by atoms with E-state index < -0.39 is 0 Å². The minimum absolute atomic E-state index is 0.0186. The molecule has 0 N–H and O–H groups in total. The SMILES string of the molecule is C=CCn1c(SCC(=O)N(C)C)nc2scc(-c3cccs3)c2c1=O. The zero-order chi connectivity index (χ0) is 18.0. The number of hydrogen-bond donors (Lipinski definition) is 0. The largest absolute Gasteiger partial charge is 0.348 e. The zero-order valence-corrected chi connectivity index (χ0v) is 16.3. The molecule has 0 radical (unpaired) electrons. The summed E-state index contributed by atoms with van der Waals surface area (Å²) >= 11 is 4.34. The zero-order valence-electron chi connectivity index (χ0n) is 13.9. The summed E-state index contributed by atoms with van der Waals surface area (Å²) in [4.78, 5) is 32.9. The highest BCUT2D eigenvalue weighted by Gasteiger charge is 2.18. The summed E-state index contributed by atoms with van der Waals surface area (Å²) in [5, 5.41) is 5.15. The third kappa shape index (κ3) is 3.56. The molecule has 0 aliphatic carbocycles. The van der Waals surface area contributed by atoms with Gasteiger partial charge in [0.2, 0.25) is 5.91 Å². The molecule has 0 aliphatic heterocycles. The summed E-state index contributed by atoms with van der Waals surface area (Å²) in [6.07, 6.45) is 1.67. The number of carbonyl (C=O) groups is 1. The van der Waals surface area contributed by atoms with E-state index in [-0.39, 0.29) is 17.2 Å². The molecule has 1 amide bonds. The van der Waals surface area contributed by atoms with Gasteiger partial charge in [-0.3, -0.25) is 14.2 Å². The topological polar surface area (TPSA) is 55.2 Å². The first kappa shape index (κ1) is 17.9. The number of allylic oxidation sites excluding steroid dienone is 1. The Balaban J connectivity index is 2.09. The van der Waals surface area contributed by atoms with Gasteiger partial charge in [0.1, 0.15) is 4.83 Å². The maximum Gasteiger partial charge on any atom is 0.263 e. The summed E-state index contributed by atoms with van der Waals surface area (Å²) in [6, 6.07) is 3.97. The van der Waals surface area contributed by atoms with Crippen LogP contribution in [0, 0.1) is 0 Å². The highest BCUT2D eigenvalue weighted by atomic mass is 32.2. The fourth-order valence-electron chi connectivity index (χ4n) is 2.27. The van der Waals surface area contributed by atoms with Crippen molar-refractivity contribution in [2.24, 2.45) is 0 Å². The second-order valence-electron chi connectivity index (χ2n) is 5.48. The van der Waals surface area contributed by atoms with E-state index in [9.17, 15) is 9.59 Å². The van der Waals surface area contributed by atoms with E-state index in [4.69, 9.17) is 0 Å². The van der Waals surface area contributed by atoms with Crippen LogP contribution in [-0.4, -0.2) is 40.2 Å². The molecular weight excluding hydrogens is 374 g/mol. The van der Waals surface area contributed by atoms with Crippen molar-refractivity contribution >= 4 is 50.6 Å². The Morgan fingerprint density at radius 2 is 2.24 bits per heavy atom. The molecular formula is C17H17N3O2S3. The number of aromatic nitrogens is 2. The molecule has 130 valence electrons. The standard InChI is InChI=1S/C17H17N3O2S3/c1-4-7-20-16(22)14-11(12-6-5-8-23-12)9-24-15(14)18-17(20)25-10-13(21)19(2)3/h4-6,8-9H,1,7,10H2,2-3H3. The van der Waals surface area contributed by atoms with Crippen molar-refractivity contribution in [3.63, 3.8) is 0 Å². The first-order valence-corrected chi connectivity index (χ1v) is 10.3. The van der Waals surface area contributed by atoms with E-state index in [0.717, 1.165) is 10.4 Å². The third-order valence-electron chi connectivity index (χ3n) is 3.58. The number of thioether (sulfide) groups is 1. The Hall–Kier alpha value is -1.90. The molecule has 0 saturated heterocycles. The maximum absolute atomic E-state index is 13.1. The average Bonchev–Trinajstić information content (AvgIpc) is 3.24. The highest BCUT2D eigenvalue weighted by Crippen LogP contribution is 2.34. The molecule has 0 aromatic carbocycles. The van der Waals surface area contributed by atoms with Crippen LogP contribution in [-0.2, 0) is 11.3 Å². The average molecular weight is 392 g/mol. The van der Waals surface area contributed by atoms with E-state index >= 15 is 0 Å².